The maximum Gasteiger partial charge on any atom is 0.123 e. The zero-order valence-corrected chi connectivity index (χ0v) is 18.8. The summed E-state index contributed by atoms with van der Waals surface area (Å²) in [6, 6.07) is 18.9. The molecule has 170 valence electrons. The number of aliphatic hydroxyl groups is 1. The Kier molecular flexibility index (Phi) is 7.74. The molecular weight excluding hydrogens is 403 g/mol. The average molecular weight is 437 g/mol. The van der Waals surface area contributed by atoms with Crippen molar-refractivity contribution in [2.45, 2.75) is 25.4 Å². The molecule has 4 nitrogen and oxygen atoms in total. The molecule has 32 heavy (non-hydrogen) atoms. The van der Waals surface area contributed by atoms with Crippen molar-refractivity contribution in [1.82, 2.24) is 9.80 Å². The second kappa shape index (κ2) is 10.9. The van der Waals surface area contributed by atoms with Crippen LogP contribution in [-0.2, 0) is 6.42 Å². The second-order valence-corrected chi connectivity index (χ2v) is 8.63. The molecule has 1 atom stereocenters. The van der Waals surface area contributed by atoms with E-state index in [0.29, 0.717) is 6.54 Å². The summed E-state index contributed by atoms with van der Waals surface area (Å²) >= 11 is 0. The van der Waals surface area contributed by atoms with Gasteiger partial charge in [-0.2, -0.15) is 0 Å². The summed E-state index contributed by atoms with van der Waals surface area (Å²) in [4.78, 5) is 4.81. The second-order valence-electron chi connectivity index (χ2n) is 8.63. The Bertz CT molecular complexity index is 1000. The predicted octanol–water partition coefficient (Wildman–Crippen LogP) is 4.66. The molecule has 0 aromatic heterocycles. The third-order valence-corrected chi connectivity index (χ3v) is 6.52. The fourth-order valence-electron chi connectivity index (χ4n) is 4.63. The van der Waals surface area contributed by atoms with Crippen LogP contribution in [0.1, 0.15) is 30.1 Å². The lowest BCUT2D eigenvalue weighted by Gasteiger charge is -2.35. The van der Waals surface area contributed by atoms with Gasteiger partial charge in [-0.1, -0.05) is 42.5 Å². The molecule has 1 aliphatic rings. The van der Waals surface area contributed by atoms with Gasteiger partial charge in [0.05, 0.1) is 13.2 Å². The maximum absolute atomic E-state index is 13.1. The van der Waals surface area contributed by atoms with Gasteiger partial charge in [0, 0.05) is 38.3 Å². The lowest BCUT2D eigenvalue weighted by Crippen LogP contribution is -2.47. The highest BCUT2D eigenvalue weighted by Crippen LogP contribution is 2.29. The monoisotopic (exact) mass is 436 g/mol. The van der Waals surface area contributed by atoms with Crippen molar-refractivity contribution in [3.8, 4) is 5.75 Å². The molecule has 5 heteroatoms. The van der Waals surface area contributed by atoms with Crippen molar-refractivity contribution in [3.63, 3.8) is 0 Å². The normalized spacial score (nSPS) is 16.3. The first-order valence-electron chi connectivity index (χ1n) is 11.6. The number of aliphatic hydroxyl groups excluding tert-OH is 1. The first kappa shape index (κ1) is 22.7. The number of hydrogen-bond acceptors (Lipinski definition) is 4. The Hall–Kier alpha value is -2.47. The summed E-state index contributed by atoms with van der Waals surface area (Å²) in [5, 5.41) is 13.0. The van der Waals surface area contributed by atoms with Gasteiger partial charge in [0.15, 0.2) is 0 Å². The van der Waals surface area contributed by atoms with Crippen molar-refractivity contribution >= 4 is 10.8 Å². The van der Waals surface area contributed by atoms with Gasteiger partial charge >= 0.3 is 0 Å². The van der Waals surface area contributed by atoms with Crippen molar-refractivity contribution in [1.29, 1.82) is 0 Å². The molecule has 1 saturated heterocycles. The quantitative estimate of drug-likeness (QED) is 0.495. The van der Waals surface area contributed by atoms with E-state index in [-0.39, 0.29) is 5.82 Å². The number of hydrogen-bond donors (Lipinski definition) is 1. The molecule has 0 amide bonds. The SMILES string of the molecule is COc1ccc2ccccc2c1CCCCN1CCN(CC(O)c2ccc(F)cc2)CC1. The Morgan fingerprint density at radius 3 is 2.38 bits per heavy atom. The molecule has 1 fully saturated rings. The number of fused-ring (bicyclic) bond motifs is 1. The third kappa shape index (κ3) is 5.66. The molecule has 0 aliphatic carbocycles. The van der Waals surface area contributed by atoms with Crippen LogP contribution < -0.4 is 4.74 Å². The minimum Gasteiger partial charge on any atom is -0.496 e. The summed E-state index contributed by atoms with van der Waals surface area (Å²) in [6.45, 7) is 5.65. The molecule has 3 aromatic carbocycles. The number of ether oxygens (including phenoxy) is 1. The summed E-state index contributed by atoms with van der Waals surface area (Å²) in [5.41, 5.74) is 2.09. The van der Waals surface area contributed by atoms with E-state index in [1.54, 1.807) is 19.2 Å². The fourth-order valence-corrected chi connectivity index (χ4v) is 4.63. The van der Waals surface area contributed by atoms with Gasteiger partial charge in [0.2, 0.25) is 0 Å². The molecule has 0 spiro atoms. The van der Waals surface area contributed by atoms with Crippen LogP contribution in [0.2, 0.25) is 0 Å². The van der Waals surface area contributed by atoms with Crippen molar-refractivity contribution < 1.29 is 14.2 Å². The molecule has 1 aliphatic heterocycles. The van der Waals surface area contributed by atoms with Crippen LogP contribution in [0.4, 0.5) is 4.39 Å². The van der Waals surface area contributed by atoms with Gasteiger partial charge in [-0.15, -0.1) is 0 Å². The first-order chi connectivity index (χ1) is 15.6. The van der Waals surface area contributed by atoms with Crippen molar-refractivity contribution in [3.05, 3.63) is 77.6 Å². The molecule has 0 bridgehead atoms. The standard InChI is InChI=1S/C27H33FN2O2/c1-32-27-14-11-21-6-2-3-7-24(21)25(27)8-4-5-15-29-16-18-30(19-17-29)20-26(31)22-9-12-23(28)13-10-22/h2-3,6-7,9-14,26,31H,4-5,8,15-20H2,1H3. The zero-order chi connectivity index (χ0) is 22.3. The number of halogens is 1. The number of rotatable bonds is 9. The van der Waals surface area contributed by atoms with Crippen LogP contribution in [-0.4, -0.2) is 61.3 Å². The molecule has 3 aromatic rings. The van der Waals surface area contributed by atoms with Gasteiger partial charge < -0.3 is 14.7 Å². The van der Waals surface area contributed by atoms with Gasteiger partial charge in [-0.05, 0) is 60.3 Å². The van der Waals surface area contributed by atoms with E-state index < -0.39 is 6.10 Å². The molecule has 1 N–H and O–H groups in total. The van der Waals surface area contributed by atoms with Crippen LogP contribution in [0.25, 0.3) is 10.8 Å². The molecule has 0 radical (unpaired) electrons. The highest BCUT2D eigenvalue weighted by atomic mass is 19.1. The van der Waals surface area contributed by atoms with E-state index in [9.17, 15) is 9.50 Å². The number of unbranched alkanes of at least 4 members (excludes halogenated alkanes) is 1. The minimum absolute atomic E-state index is 0.270. The van der Waals surface area contributed by atoms with Crippen LogP contribution in [0, 0.1) is 5.82 Å². The van der Waals surface area contributed by atoms with Crippen LogP contribution in [0.15, 0.2) is 60.7 Å². The molecular formula is C27H33FN2O2. The Balaban J connectivity index is 1.21. The van der Waals surface area contributed by atoms with Gasteiger partial charge in [0.1, 0.15) is 11.6 Å². The number of benzene rings is 3. The fraction of sp³-hybridized carbons (Fsp3) is 0.407. The number of β-amino-alcohol motifs (C(OH)–C–C–N with tert-alkyl or cyclic N) is 1. The number of methoxy groups -OCH3 is 1. The summed E-state index contributed by atoms with van der Waals surface area (Å²) in [7, 11) is 1.75. The molecule has 1 unspecified atom stereocenters. The highest BCUT2D eigenvalue weighted by Gasteiger charge is 2.20. The van der Waals surface area contributed by atoms with E-state index in [0.717, 1.165) is 63.3 Å². The molecule has 0 saturated carbocycles. The van der Waals surface area contributed by atoms with Gasteiger partial charge in [-0.25, -0.2) is 4.39 Å². The minimum atomic E-state index is -0.571. The average Bonchev–Trinajstić information content (AvgIpc) is 2.83. The lowest BCUT2D eigenvalue weighted by molar-refractivity contribution is 0.0720. The Labute approximate surface area is 190 Å². The predicted molar refractivity (Wildman–Crippen MR) is 128 cm³/mol. The summed E-state index contributed by atoms with van der Waals surface area (Å²) in [5.74, 6) is 0.713. The zero-order valence-electron chi connectivity index (χ0n) is 18.8. The van der Waals surface area contributed by atoms with Crippen LogP contribution in [0.5, 0.6) is 5.75 Å². The topological polar surface area (TPSA) is 35.9 Å². The Morgan fingerprint density at radius 1 is 0.906 bits per heavy atom. The smallest absolute Gasteiger partial charge is 0.123 e. The van der Waals surface area contributed by atoms with E-state index in [1.165, 1.54) is 28.5 Å². The van der Waals surface area contributed by atoms with E-state index in [4.69, 9.17) is 4.74 Å². The molecule has 1 heterocycles. The highest BCUT2D eigenvalue weighted by molar-refractivity contribution is 5.87. The van der Waals surface area contributed by atoms with Crippen molar-refractivity contribution in [2.24, 2.45) is 0 Å². The van der Waals surface area contributed by atoms with E-state index in [1.807, 2.05) is 0 Å². The maximum atomic E-state index is 13.1. The summed E-state index contributed by atoms with van der Waals surface area (Å²) in [6.07, 6.45) is 2.74. The third-order valence-electron chi connectivity index (χ3n) is 6.52. The van der Waals surface area contributed by atoms with Crippen LogP contribution in [0.3, 0.4) is 0 Å². The van der Waals surface area contributed by atoms with Gasteiger partial charge in [-0.3, -0.25) is 4.90 Å². The van der Waals surface area contributed by atoms with Crippen molar-refractivity contribution in [2.75, 3.05) is 46.4 Å². The number of piperazine rings is 1. The summed E-state index contributed by atoms with van der Waals surface area (Å²) < 4.78 is 18.7. The largest absolute Gasteiger partial charge is 0.496 e. The number of aryl methyl sites for hydroxylation is 1. The molecule has 4 rings (SSSR count). The Morgan fingerprint density at radius 2 is 1.62 bits per heavy atom. The number of nitrogens with zero attached hydrogens (tertiary/aromatic N) is 2. The lowest BCUT2D eigenvalue weighted by atomic mass is 9.99. The van der Waals surface area contributed by atoms with E-state index >= 15 is 0 Å². The van der Waals surface area contributed by atoms with E-state index in [2.05, 4.69) is 46.2 Å². The van der Waals surface area contributed by atoms with Gasteiger partial charge in [0.25, 0.3) is 0 Å². The first-order valence-corrected chi connectivity index (χ1v) is 11.6. The van der Waals surface area contributed by atoms with Crippen LogP contribution >= 0.6 is 0 Å².